The Labute approximate surface area is 186 Å². The number of nitrogens with zero attached hydrogens (tertiary/aromatic N) is 5. The van der Waals surface area contributed by atoms with E-state index in [0.29, 0.717) is 22.6 Å². The summed E-state index contributed by atoms with van der Waals surface area (Å²) < 4.78 is 55.2. The molecule has 0 radical (unpaired) electrons. The van der Waals surface area contributed by atoms with Gasteiger partial charge in [0.15, 0.2) is 0 Å². The SMILES string of the molecule is Cc1c(-c2cc(C(F)F)nc3sc(C(N)=O)c(NC(=O)c4ccnn4C(F)F)c23)cnn1C. The first-order valence-corrected chi connectivity index (χ1v) is 10.1. The highest BCUT2D eigenvalue weighted by Gasteiger charge is 2.27. The molecule has 3 N–H and O–H groups in total. The Bertz CT molecular complexity index is 1390. The minimum Gasteiger partial charge on any atom is -0.365 e. The number of alkyl halides is 4. The quantitative estimate of drug-likeness (QED) is 0.405. The van der Waals surface area contributed by atoms with E-state index in [9.17, 15) is 27.2 Å². The summed E-state index contributed by atoms with van der Waals surface area (Å²) in [6.45, 7) is -1.38. The highest BCUT2D eigenvalue weighted by atomic mass is 32.1. The molecule has 2 amide bonds. The Morgan fingerprint density at radius 3 is 2.48 bits per heavy atom. The van der Waals surface area contributed by atoms with E-state index < -0.39 is 36.2 Å². The molecule has 0 spiro atoms. The highest BCUT2D eigenvalue weighted by Crippen LogP contribution is 2.43. The maximum atomic E-state index is 13.6. The van der Waals surface area contributed by atoms with Gasteiger partial charge in [0.1, 0.15) is 21.1 Å². The second-order valence-corrected chi connectivity index (χ2v) is 7.91. The molecule has 4 aromatic rings. The molecule has 33 heavy (non-hydrogen) atoms. The number of fused-ring (bicyclic) bond motifs is 1. The average molecular weight is 481 g/mol. The molecule has 0 unspecified atom stereocenters. The van der Waals surface area contributed by atoms with Gasteiger partial charge in [0.2, 0.25) is 0 Å². The van der Waals surface area contributed by atoms with Crippen LogP contribution in [0.15, 0.2) is 24.5 Å². The van der Waals surface area contributed by atoms with Gasteiger partial charge in [-0.25, -0.2) is 13.8 Å². The first kappa shape index (κ1) is 22.4. The number of thiophene rings is 1. The van der Waals surface area contributed by atoms with E-state index in [4.69, 9.17) is 5.73 Å². The number of anilines is 1. The number of pyridine rings is 1. The third kappa shape index (κ3) is 3.82. The fraction of sp³-hybridized carbons (Fsp3) is 0.211. The van der Waals surface area contributed by atoms with E-state index in [1.54, 1.807) is 14.0 Å². The molecular weight excluding hydrogens is 466 g/mol. The van der Waals surface area contributed by atoms with Gasteiger partial charge in [0.25, 0.3) is 18.2 Å². The molecule has 14 heteroatoms. The van der Waals surface area contributed by atoms with Crippen molar-refractivity contribution >= 4 is 39.1 Å². The Morgan fingerprint density at radius 1 is 1.18 bits per heavy atom. The fourth-order valence-electron chi connectivity index (χ4n) is 3.32. The van der Waals surface area contributed by atoms with Gasteiger partial charge in [-0.3, -0.25) is 14.3 Å². The first-order valence-electron chi connectivity index (χ1n) is 9.27. The summed E-state index contributed by atoms with van der Waals surface area (Å²) in [7, 11) is 1.65. The number of primary amides is 1. The summed E-state index contributed by atoms with van der Waals surface area (Å²) >= 11 is 0.703. The van der Waals surface area contributed by atoms with Crippen molar-refractivity contribution in [3.05, 3.63) is 46.5 Å². The van der Waals surface area contributed by atoms with Crippen molar-refractivity contribution in [3.63, 3.8) is 0 Å². The molecule has 0 bridgehead atoms. The molecule has 0 saturated heterocycles. The minimum absolute atomic E-state index is 0.0116. The van der Waals surface area contributed by atoms with Gasteiger partial charge in [-0.2, -0.15) is 23.7 Å². The van der Waals surface area contributed by atoms with Gasteiger partial charge < -0.3 is 11.1 Å². The van der Waals surface area contributed by atoms with Crippen molar-refractivity contribution in [2.75, 3.05) is 5.32 Å². The summed E-state index contributed by atoms with van der Waals surface area (Å²) in [4.78, 5) is 28.7. The molecule has 4 heterocycles. The molecular formula is C19H15F4N7O2S. The molecule has 0 aliphatic heterocycles. The van der Waals surface area contributed by atoms with E-state index in [1.807, 2.05) is 0 Å². The summed E-state index contributed by atoms with van der Waals surface area (Å²) in [5.41, 5.74) is 5.60. The number of rotatable bonds is 6. The lowest BCUT2D eigenvalue weighted by atomic mass is 10.0. The second kappa shape index (κ2) is 8.27. The smallest absolute Gasteiger partial charge is 0.333 e. The van der Waals surface area contributed by atoms with Crippen LogP contribution in [0.3, 0.4) is 0 Å². The number of nitrogens with two attached hydrogens (primary N) is 1. The zero-order valence-electron chi connectivity index (χ0n) is 17.0. The maximum absolute atomic E-state index is 13.6. The maximum Gasteiger partial charge on any atom is 0.333 e. The first-order chi connectivity index (χ1) is 15.6. The van der Waals surface area contributed by atoms with E-state index in [1.165, 1.54) is 10.9 Å². The molecule has 0 aliphatic carbocycles. The molecule has 0 atom stereocenters. The number of carbonyl (C=O) groups is 2. The number of hydrogen-bond donors (Lipinski definition) is 2. The van der Waals surface area contributed by atoms with Crippen molar-refractivity contribution in [1.29, 1.82) is 0 Å². The molecule has 9 nitrogen and oxygen atoms in total. The van der Waals surface area contributed by atoms with Crippen molar-refractivity contribution < 1.29 is 27.2 Å². The molecule has 0 aliphatic rings. The predicted molar refractivity (Wildman–Crippen MR) is 111 cm³/mol. The third-order valence-corrected chi connectivity index (χ3v) is 6.08. The number of nitrogens with one attached hydrogen (secondary N) is 1. The zero-order valence-corrected chi connectivity index (χ0v) is 17.8. The lowest BCUT2D eigenvalue weighted by Gasteiger charge is -2.11. The van der Waals surface area contributed by atoms with Crippen LogP contribution in [-0.2, 0) is 7.05 Å². The van der Waals surface area contributed by atoms with Crippen LogP contribution in [0.2, 0.25) is 0 Å². The number of hydrogen-bond acceptors (Lipinski definition) is 6. The average Bonchev–Trinajstić information content (AvgIpc) is 3.46. The lowest BCUT2D eigenvalue weighted by molar-refractivity contribution is 0.0520. The van der Waals surface area contributed by atoms with Gasteiger partial charge >= 0.3 is 6.55 Å². The Hall–Kier alpha value is -3.81. The normalized spacial score (nSPS) is 11.6. The van der Waals surface area contributed by atoms with Gasteiger partial charge in [0, 0.05) is 29.9 Å². The number of halogens is 4. The van der Waals surface area contributed by atoms with Gasteiger partial charge in [-0.15, -0.1) is 11.3 Å². The van der Waals surface area contributed by atoms with E-state index in [0.717, 1.165) is 18.3 Å². The third-order valence-electron chi connectivity index (χ3n) is 4.98. The highest BCUT2D eigenvalue weighted by molar-refractivity contribution is 7.21. The lowest BCUT2D eigenvalue weighted by Crippen LogP contribution is -2.20. The van der Waals surface area contributed by atoms with E-state index in [2.05, 4.69) is 20.5 Å². The topological polar surface area (TPSA) is 121 Å². The van der Waals surface area contributed by atoms with Crippen molar-refractivity contribution in [2.45, 2.75) is 19.9 Å². The summed E-state index contributed by atoms with van der Waals surface area (Å²) in [6, 6.07) is 2.20. The standard InChI is InChI=1S/C19H15F4N7O2S/c1-7-9(6-26-29(7)2)8-5-10(15(20)21)27-18-12(8)13(14(33-18)16(24)31)28-17(32)11-3-4-25-30(11)19(22)23/h3-6,15,19H,1-2H3,(H2,24,31)(H,28,32). The molecule has 172 valence electrons. The van der Waals surface area contributed by atoms with Crippen LogP contribution in [0.5, 0.6) is 0 Å². The van der Waals surface area contributed by atoms with Crippen LogP contribution < -0.4 is 11.1 Å². The molecule has 4 rings (SSSR count). The van der Waals surface area contributed by atoms with Crippen LogP contribution in [0, 0.1) is 6.92 Å². The molecule has 0 aromatic carbocycles. The van der Waals surface area contributed by atoms with Crippen LogP contribution in [-0.4, -0.2) is 36.4 Å². The van der Waals surface area contributed by atoms with Crippen LogP contribution in [0.4, 0.5) is 23.2 Å². The number of carbonyl (C=O) groups excluding carboxylic acids is 2. The van der Waals surface area contributed by atoms with Crippen molar-refractivity contribution in [1.82, 2.24) is 24.5 Å². The fourth-order valence-corrected chi connectivity index (χ4v) is 4.34. The number of amides is 2. The Balaban J connectivity index is 1.97. The largest absolute Gasteiger partial charge is 0.365 e. The monoisotopic (exact) mass is 481 g/mol. The van der Waals surface area contributed by atoms with Gasteiger partial charge in [-0.05, 0) is 24.6 Å². The van der Waals surface area contributed by atoms with Gasteiger partial charge in [-0.1, -0.05) is 0 Å². The Kier molecular flexibility index (Phi) is 5.61. The molecule has 0 saturated carbocycles. The van der Waals surface area contributed by atoms with Crippen molar-refractivity contribution in [3.8, 4) is 11.1 Å². The van der Waals surface area contributed by atoms with Crippen LogP contribution in [0.1, 0.15) is 44.5 Å². The number of aryl methyl sites for hydroxylation is 1. The predicted octanol–water partition coefficient (Wildman–Crippen LogP) is 3.89. The number of aromatic nitrogens is 5. The summed E-state index contributed by atoms with van der Waals surface area (Å²) in [5, 5.41) is 10.1. The zero-order chi connectivity index (χ0) is 24.0. The summed E-state index contributed by atoms with van der Waals surface area (Å²) in [5.74, 6) is -1.95. The van der Waals surface area contributed by atoms with Crippen molar-refractivity contribution in [2.24, 2.45) is 12.8 Å². The van der Waals surface area contributed by atoms with Crippen LogP contribution >= 0.6 is 11.3 Å². The minimum atomic E-state index is -3.08. The van der Waals surface area contributed by atoms with E-state index in [-0.39, 0.29) is 31.0 Å². The molecule has 4 aromatic heterocycles. The second-order valence-electron chi connectivity index (χ2n) is 6.91. The van der Waals surface area contributed by atoms with E-state index >= 15 is 0 Å². The Morgan fingerprint density at radius 2 is 1.91 bits per heavy atom. The van der Waals surface area contributed by atoms with Gasteiger partial charge in [0.05, 0.1) is 11.9 Å². The molecule has 0 fully saturated rings. The van der Waals surface area contributed by atoms with Crippen LogP contribution in [0.25, 0.3) is 21.3 Å². The summed E-state index contributed by atoms with van der Waals surface area (Å²) in [6.07, 6.45) is -0.455.